The van der Waals surface area contributed by atoms with E-state index in [9.17, 15) is 0 Å². The van der Waals surface area contributed by atoms with E-state index in [-0.39, 0.29) is 0 Å². The first kappa shape index (κ1) is 16.9. The van der Waals surface area contributed by atoms with E-state index in [1.807, 2.05) is 30.3 Å². The molecule has 0 fully saturated rings. The van der Waals surface area contributed by atoms with Crippen molar-refractivity contribution in [2.75, 3.05) is 13.2 Å². The van der Waals surface area contributed by atoms with Gasteiger partial charge in [-0.05, 0) is 54.8 Å². The highest BCUT2D eigenvalue weighted by atomic mass is 32.2. The molecule has 3 rings (SSSR count). The summed E-state index contributed by atoms with van der Waals surface area (Å²) in [7, 11) is 0. The molecule has 0 unspecified atom stereocenters. The first-order valence-corrected chi connectivity index (χ1v) is 9.23. The van der Waals surface area contributed by atoms with Gasteiger partial charge in [-0.2, -0.15) is 0 Å². The smallest absolute Gasteiger partial charge is 0.119 e. The van der Waals surface area contributed by atoms with E-state index in [1.165, 1.54) is 4.90 Å². The third-order valence-electron chi connectivity index (χ3n) is 3.68. The molecule has 1 aromatic heterocycles. The molecule has 4 nitrogen and oxygen atoms in total. The van der Waals surface area contributed by atoms with Crippen molar-refractivity contribution >= 4 is 23.0 Å². The summed E-state index contributed by atoms with van der Waals surface area (Å²) >= 11 is 1.64. The number of ether oxygens (including phenoxy) is 1. The number of hydrogen-bond donors (Lipinski definition) is 2. The quantitative estimate of drug-likeness (QED) is 0.442. The number of benzene rings is 2. The van der Waals surface area contributed by atoms with Gasteiger partial charge < -0.3 is 9.72 Å². The van der Waals surface area contributed by atoms with Crippen molar-refractivity contribution in [3.05, 3.63) is 54.4 Å². The largest absolute Gasteiger partial charge is 0.494 e. The molecular weight excluding hydrogens is 318 g/mol. The Morgan fingerprint density at radius 2 is 1.96 bits per heavy atom. The summed E-state index contributed by atoms with van der Waals surface area (Å²) in [4.78, 5) is 9.11. The van der Waals surface area contributed by atoms with Crippen LogP contribution in [0.1, 0.15) is 25.6 Å². The monoisotopic (exact) mass is 341 g/mol. The highest BCUT2D eigenvalue weighted by Crippen LogP contribution is 2.19. The molecule has 0 aliphatic rings. The molecule has 2 N–H and O–H groups in total. The molecule has 2 aromatic carbocycles. The van der Waals surface area contributed by atoms with Gasteiger partial charge in [0.25, 0.3) is 0 Å². The normalized spacial score (nSPS) is 11.0. The molecule has 0 atom stereocenters. The van der Waals surface area contributed by atoms with Crippen molar-refractivity contribution in [2.45, 2.75) is 31.1 Å². The number of hydrogen-bond acceptors (Lipinski definition) is 4. The Hall–Kier alpha value is -1.98. The first-order valence-electron chi connectivity index (χ1n) is 8.41. The van der Waals surface area contributed by atoms with Crippen LogP contribution in [-0.4, -0.2) is 23.1 Å². The van der Waals surface area contributed by atoms with E-state index >= 15 is 0 Å². The molecule has 0 amide bonds. The van der Waals surface area contributed by atoms with E-state index < -0.39 is 0 Å². The molecular formula is C19H23N3OS. The number of nitrogens with one attached hydrogen (secondary N) is 2. The second kappa shape index (κ2) is 8.76. The number of aromatic amines is 1. The summed E-state index contributed by atoms with van der Waals surface area (Å²) < 4.78 is 9.05. The second-order valence-electron chi connectivity index (χ2n) is 5.62. The Kier molecular flexibility index (Phi) is 6.15. The number of para-hydroxylation sites is 2. The van der Waals surface area contributed by atoms with Crippen LogP contribution in [0.15, 0.2) is 53.4 Å². The first-order chi connectivity index (χ1) is 11.8. The molecule has 0 aliphatic carbocycles. The third kappa shape index (κ3) is 4.76. The van der Waals surface area contributed by atoms with Crippen molar-refractivity contribution in [3.63, 3.8) is 0 Å². The van der Waals surface area contributed by atoms with E-state index in [1.54, 1.807) is 11.9 Å². The lowest BCUT2D eigenvalue weighted by Gasteiger charge is -2.07. The Labute approximate surface area is 147 Å². The minimum Gasteiger partial charge on any atom is -0.494 e. The molecule has 3 aromatic rings. The van der Waals surface area contributed by atoms with Crippen LogP contribution < -0.4 is 9.46 Å². The minimum absolute atomic E-state index is 0.790. The van der Waals surface area contributed by atoms with Crippen molar-refractivity contribution < 1.29 is 4.74 Å². The van der Waals surface area contributed by atoms with Crippen LogP contribution in [0, 0.1) is 0 Å². The number of unbranched alkanes of at least 4 members (excludes halogenated alkanes) is 1. The second-order valence-corrected chi connectivity index (χ2v) is 6.58. The van der Waals surface area contributed by atoms with Crippen molar-refractivity contribution in [3.8, 4) is 5.75 Å². The van der Waals surface area contributed by atoms with Gasteiger partial charge in [-0.25, -0.2) is 4.98 Å². The van der Waals surface area contributed by atoms with Crippen LogP contribution in [0.25, 0.3) is 11.0 Å². The Morgan fingerprint density at radius 3 is 2.75 bits per heavy atom. The minimum atomic E-state index is 0.790. The van der Waals surface area contributed by atoms with Crippen LogP contribution in [0.3, 0.4) is 0 Å². The molecule has 0 bridgehead atoms. The molecule has 1 heterocycles. The average Bonchev–Trinajstić information content (AvgIpc) is 3.03. The fraction of sp³-hybridized carbons (Fsp3) is 0.316. The van der Waals surface area contributed by atoms with E-state index in [0.29, 0.717) is 0 Å². The summed E-state index contributed by atoms with van der Waals surface area (Å²) in [6.45, 7) is 3.82. The van der Waals surface area contributed by atoms with Crippen molar-refractivity contribution in [2.24, 2.45) is 0 Å². The van der Waals surface area contributed by atoms with Gasteiger partial charge in [0, 0.05) is 17.9 Å². The molecule has 0 saturated carbocycles. The number of H-pyrrole nitrogens is 1. The van der Waals surface area contributed by atoms with Gasteiger partial charge >= 0.3 is 0 Å². The summed E-state index contributed by atoms with van der Waals surface area (Å²) in [6, 6.07) is 16.3. The molecule has 24 heavy (non-hydrogen) atoms. The fourth-order valence-corrected chi connectivity index (χ4v) is 3.01. The maximum atomic E-state index is 5.67. The van der Waals surface area contributed by atoms with Crippen molar-refractivity contribution in [1.82, 2.24) is 14.7 Å². The molecule has 0 aliphatic heterocycles. The summed E-state index contributed by atoms with van der Waals surface area (Å²) in [6.07, 6.45) is 3.13. The molecule has 5 heteroatoms. The van der Waals surface area contributed by atoms with Crippen molar-refractivity contribution in [1.29, 1.82) is 0 Å². The number of rotatable bonds is 9. The predicted molar refractivity (Wildman–Crippen MR) is 101 cm³/mol. The number of imidazole rings is 1. The standard InChI is InChI=1S/C19H23N3OS/c1-2-3-14-23-15-8-10-16(11-9-15)24-20-13-12-19-21-17-6-4-5-7-18(17)22-19/h4-11,20H,2-3,12-14H2,1H3,(H,21,22). The zero-order chi connectivity index (χ0) is 16.6. The summed E-state index contributed by atoms with van der Waals surface area (Å²) in [5, 5.41) is 0. The predicted octanol–water partition coefficient (Wildman–Crippen LogP) is 4.58. The fourth-order valence-electron chi connectivity index (χ4n) is 2.37. The molecule has 0 spiro atoms. The Bertz CT molecular complexity index is 722. The molecule has 0 radical (unpaired) electrons. The highest BCUT2D eigenvalue weighted by Gasteiger charge is 2.02. The average molecular weight is 341 g/mol. The topological polar surface area (TPSA) is 49.9 Å². The van der Waals surface area contributed by atoms with Crippen LogP contribution in [0.2, 0.25) is 0 Å². The summed E-state index contributed by atoms with van der Waals surface area (Å²) in [5.41, 5.74) is 2.12. The number of aromatic nitrogens is 2. The maximum absolute atomic E-state index is 5.67. The van der Waals surface area contributed by atoms with E-state index in [4.69, 9.17) is 4.74 Å². The van der Waals surface area contributed by atoms with Gasteiger partial charge in [-0.15, -0.1) is 0 Å². The SMILES string of the molecule is CCCCOc1ccc(SNCCc2nc3ccccc3[nH]2)cc1. The van der Waals surface area contributed by atoms with Crippen LogP contribution >= 0.6 is 11.9 Å². The Balaban J connectivity index is 1.41. The van der Waals surface area contributed by atoms with Gasteiger partial charge in [0.2, 0.25) is 0 Å². The van der Waals surface area contributed by atoms with Gasteiger partial charge in [-0.3, -0.25) is 4.72 Å². The van der Waals surface area contributed by atoms with Crippen LogP contribution in [0.4, 0.5) is 0 Å². The van der Waals surface area contributed by atoms with Crippen LogP contribution in [-0.2, 0) is 6.42 Å². The highest BCUT2D eigenvalue weighted by molar-refractivity contribution is 7.97. The van der Waals surface area contributed by atoms with Crippen LogP contribution in [0.5, 0.6) is 5.75 Å². The van der Waals surface area contributed by atoms with E-state index in [2.05, 4.69) is 39.8 Å². The molecule has 126 valence electrons. The van der Waals surface area contributed by atoms with Gasteiger partial charge in [-0.1, -0.05) is 25.5 Å². The molecule has 0 saturated heterocycles. The van der Waals surface area contributed by atoms with E-state index in [0.717, 1.165) is 55.0 Å². The lowest BCUT2D eigenvalue weighted by Crippen LogP contribution is -2.09. The number of fused-ring (bicyclic) bond motifs is 1. The lowest BCUT2D eigenvalue weighted by atomic mass is 10.3. The number of nitrogens with zero attached hydrogens (tertiary/aromatic N) is 1. The lowest BCUT2D eigenvalue weighted by molar-refractivity contribution is 0.309. The Morgan fingerprint density at radius 1 is 1.12 bits per heavy atom. The van der Waals surface area contributed by atoms with Gasteiger partial charge in [0.05, 0.1) is 17.6 Å². The van der Waals surface area contributed by atoms with Gasteiger partial charge in [0.15, 0.2) is 0 Å². The maximum Gasteiger partial charge on any atom is 0.119 e. The van der Waals surface area contributed by atoms with Gasteiger partial charge in [0.1, 0.15) is 11.6 Å². The zero-order valence-electron chi connectivity index (χ0n) is 13.9. The third-order valence-corrected chi connectivity index (χ3v) is 4.54. The zero-order valence-corrected chi connectivity index (χ0v) is 14.7. The summed E-state index contributed by atoms with van der Waals surface area (Å²) in [5.74, 6) is 1.96.